The summed E-state index contributed by atoms with van der Waals surface area (Å²) in [7, 11) is 1.42. The quantitative estimate of drug-likeness (QED) is 0.798. The van der Waals surface area contributed by atoms with Gasteiger partial charge >= 0.3 is 5.97 Å². The summed E-state index contributed by atoms with van der Waals surface area (Å²) in [5.74, 6) is -0.200. The Morgan fingerprint density at radius 1 is 1.24 bits per heavy atom. The molecule has 3 nitrogen and oxygen atoms in total. The second kappa shape index (κ2) is 7.96. The van der Waals surface area contributed by atoms with Crippen LogP contribution in [0.4, 0.5) is 0 Å². The maximum absolute atomic E-state index is 11.4. The van der Waals surface area contributed by atoms with Crippen LogP contribution in [-0.2, 0) is 28.9 Å². The summed E-state index contributed by atoms with van der Waals surface area (Å²) < 4.78 is 4.75. The minimum atomic E-state index is -0.200. The Morgan fingerprint density at radius 3 is 2.67 bits per heavy atom. The number of thiophene rings is 1. The summed E-state index contributed by atoms with van der Waals surface area (Å²) in [6.07, 6.45) is 1.35. The van der Waals surface area contributed by atoms with Crippen LogP contribution >= 0.6 is 11.3 Å². The summed E-state index contributed by atoms with van der Waals surface area (Å²) in [6.45, 7) is 2.95. The summed E-state index contributed by atoms with van der Waals surface area (Å²) in [4.78, 5) is 12.8. The van der Waals surface area contributed by atoms with Crippen molar-refractivity contribution in [3.8, 4) is 0 Å². The SMILES string of the molecule is COC(=O)Cc1ccccc1CNC(C)Cc1cccs1. The van der Waals surface area contributed by atoms with E-state index in [0.29, 0.717) is 12.5 Å². The summed E-state index contributed by atoms with van der Waals surface area (Å²) in [6, 6.07) is 12.6. The van der Waals surface area contributed by atoms with Crippen LogP contribution < -0.4 is 5.32 Å². The first-order valence-electron chi connectivity index (χ1n) is 7.08. The molecule has 0 aliphatic heterocycles. The van der Waals surface area contributed by atoms with Crippen molar-refractivity contribution >= 4 is 17.3 Å². The topological polar surface area (TPSA) is 38.3 Å². The van der Waals surface area contributed by atoms with Crippen molar-refractivity contribution in [3.05, 3.63) is 57.8 Å². The van der Waals surface area contributed by atoms with Gasteiger partial charge in [0.05, 0.1) is 13.5 Å². The van der Waals surface area contributed by atoms with Gasteiger partial charge in [0.15, 0.2) is 0 Å². The fourth-order valence-corrected chi connectivity index (χ4v) is 3.05. The van der Waals surface area contributed by atoms with Gasteiger partial charge in [0, 0.05) is 17.5 Å². The van der Waals surface area contributed by atoms with Crippen molar-refractivity contribution in [3.63, 3.8) is 0 Å². The molecule has 0 radical (unpaired) electrons. The highest BCUT2D eigenvalue weighted by molar-refractivity contribution is 7.09. The van der Waals surface area contributed by atoms with Crippen LogP contribution in [0.15, 0.2) is 41.8 Å². The highest BCUT2D eigenvalue weighted by Gasteiger charge is 2.09. The Labute approximate surface area is 130 Å². The molecular weight excluding hydrogens is 282 g/mol. The Bertz CT molecular complexity index is 566. The Hall–Kier alpha value is -1.65. The molecule has 0 fully saturated rings. The predicted octanol–water partition coefficient (Wildman–Crippen LogP) is 3.18. The van der Waals surface area contributed by atoms with Crippen LogP contribution in [0.3, 0.4) is 0 Å². The van der Waals surface area contributed by atoms with Gasteiger partial charge in [-0.25, -0.2) is 0 Å². The van der Waals surface area contributed by atoms with E-state index in [4.69, 9.17) is 4.74 Å². The molecule has 1 unspecified atom stereocenters. The van der Waals surface area contributed by atoms with Crippen LogP contribution in [0.2, 0.25) is 0 Å². The van der Waals surface area contributed by atoms with E-state index < -0.39 is 0 Å². The van der Waals surface area contributed by atoms with Crippen LogP contribution in [0.1, 0.15) is 22.9 Å². The second-order valence-corrected chi connectivity index (χ2v) is 6.12. The lowest BCUT2D eigenvalue weighted by Gasteiger charge is -2.15. The monoisotopic (exact) mass is 303 g/mol. The average molecular weight is 303 g/mol. The first kappa shape index (κ1) is 15.7. The lowest BCUT2D eigenvalue weighted by Crippen LogP contribution is -2.27. The zero-order valence-corrected chi connectivity index (χ0v) is 13.3. The Kier molecular flexibility index (Phi) is 5.96. The van der Waals surface area contributed by atoms with E-state index in [9.17, 15) is 4.79 Å². The Balaban J connectivity index is 1.91. The molecule has 1 aromatic carbocycles. The van der Waals surface area contributed by atoms with Gasteiger partial charge in [-0.2, -0.15) is 0 Å². The van der Waals surface area contributed by atoms with E-state index in [0.717, 1.165) is 24.1 Å². The van der Waals surface area contributed by atoms with Crippen molar-refractivity contribution in [2.24, 2.45) is 0 Å². The van der Waals surface area contributed by atoms with Gasteiger partial charge < -0.3 is 10.1 Å². The minimum absolute atomic E-state index is 0.200. The minimum Gasteiger partial charge on any atom is -0.469 e. The zero-order chi connectivity index (χ0) is 15.1. The molecule has 1 N–H and O–H groups in total. The maximum Gasteiger partial charge on any atom is 0.309 e. The van der Waals surface area contributed by atoms with E-state index in [2.05, 4.69) is 35.8 Å². The molecule has 2 rings (SSSR count). The van der Waals surface area contributed by atoms with Crippen molar-refractivity contribution < 1.29 is 9.53 Å². The molecule has 0 aliphatic rings. The van der Waals surface area contributed by atoms with Gasteiger partial charge in [-0.15, -0.1) is 11.3 Å². The van der Waals surface area contributed by atoms with Crippen molar-refractivity contribution in [2.75, 3.05) is 7.11 Å². The van der Waals surface area contributed by atoms with Gasteiger partial charge in [-0.05, 0) is 35.9 Å². The average Bonchev–Trinajstić information content (AvgIpc) is 2.99. The third-order valence-electron chi connectivity index (χ3n) is 3.41. The molecule has 0 bridgehead atoms. The lowest BCUT2D eigenvalue weighted by molar-refractivity contribution is -0.139. The number of carbonyl (C=O) groups is 1. The summed E-state index contributed by atoms with van der Waals surface area (Å²) >= 11 is 1.79. The number of hydrogen-bond acceptors (Lipinski definition) is 4. The molecule has 0 spiro atoms. The number of ether oxygens (including phenoxy) is 1. The summed E-state index contributed by atoms with van der Waals surface area (Å²) in [5, 5.41) is 5.63. The predicted molar refractivity (Wildman–Crippen MR) is 86.5 cm³/mol. The van der Waals surface area contributed by atoms with Gasteiger partial charge in [0.2, 0.25) is 0 Å². The van der Waals surface area contributed by atoms with Gasteiger partial charge in [-0.1, -0.05) is 30.3 Å². The lowest BCUT2D eigenvalue weighted by atomic mass is 10.0. The molecule has 1 heterocycles. The number of rotatable bonds is 7. The van der Waals surface area contributed by atoms with E-state index in [1.807, 2.05) is 18.2 Å². The highest BCUT2D eigenvalue weighted by Crippen LogP contribution is 2.13. The van der Waals surface area contributed by atoms with E-state index >= 15 is 0 Å². The van der Waals surface area contributed by atoms with Crippen LogP contribution in [0.5, 0.6) is 0 Å². The molecule has 0 aliphatic carbocycles. The first-order valence-corrected chi connectivity index (χ1v) is 7.96. The fourth-order valence-electron chi connectivity index (χ4n) is 2.22. The van der Waals surface area contributed by atoms with Gasteiger partial charge in [0.1, 0.15) is 0 Å². The number of nitrogens with one attached hydrogen (secondary N) is 1. The van der Waals surface area contributed by atoms with Crippen molar-refractivity contribution in [1.29, 1.82) is 0 Å². The molecule has 1 atom stereocenters. The molecule has 2 aromatic rings. The first-order chi connectivity index (χ1) is 10.2. The number of hydrogen-bond donors (Lipinski definition) is 1. The molecule has 1 aromatic heterocycles. The molecule has 4 heteroatoms. The maximum atomic E-state index is 11.4. The van der Waals surface area contributed by atoms with Crippen LogP contribution in [0, 0.1) is 0 Å². The smallest absolute Gasteiger partial charge is 0.309 e. The zero-order valence-electron chi connectivity index (χ0n) is 12.5. The molecular formula is C17H21NO2S. The highest BCUT2D eigenvalue weighted by atomic mass is 32.1. The summed E-state index contributed by atoms with van der Waals surface area (Å²) in [5.41, 5.74) is 2.18. The van der Waals surface area contributed by atoms with Crippen LogP contribution in [-0.4, -0.2) is 19.1 Å². The van der Waals surface area contributed by atoms with E-state index in [1.54, 1.807) is 11.3 Å². The van der Waals surface area contributed by atoms with E-state index in [-0.39, 0.29) is 5.97 Å². The standard InChI is InChI=1S/C17H21NO2S/c1-13(10-16-8-5-9-21-16)18-12-15-7-4-3-6-14(15)11-17(19)20-2/h3-9,13,18H,10-12H2,1-2H3. The molecule has 0 amide bonds. The second-order valence-electron chi connectivity index (χ2n) is 5.09. The van der Waals surface area contributed by atoms with Crippen molar-refractivity contribution in [2.45, 2.75) is 32.4 Å². The normalized spacial score (nSPS) is 12.1. The molecule has 112 valence electrons. The van der Waals surface area contributed by atoms with Gasteiger partial charge in [-0.3, -0.25) is 4.79 Å². The number of esters is 1. The number of benzene rings is 1. The number of carbonyl (C=O) groups excluding carboxylic acids is 1. The third-order valence-corrected chi connectivity index (χ3v) is 4.31. The molecule has 21 heavy (non-hydrogen) atoms. The molecule has 0 saturated carbocycles. The fraction of sp³-hybridized carbons (Fsp3) is 0.353. The third kappa shape index (κ3) is 4.99. The van der Waals surface area contributed by atoms with Gasteiger partial charge in [0.25, 0.3) is 0 Å². The molecule has 0 saturated heterocycles. The van der Waals surface area contributed by atoms with Crippen molar-refractivity contribution in [1.82, 2.24) is 5.32 Å². The van der Waals surface area contributed by atoms with Crippen LogP contribution in [0.25, 0.3) is 0 Å². The Morgan fingerprint density at radius 2 is 2.00 bits per heavy atom. The van der Waals surface area contributed by atoms with E-state index in [1.165, 1.54) is 12.0 Å². The largest absolute Gasteiger partial charge is 0.469 e. The number of methoxy groups -OCH3 is 1.